The molecule has 0 aliphatic carbocycles. The van der Waals surface area contributed by atoms with Crippen LogP contribution in [0.1, 0.15) is 11.3 Å². The predicted octanol–water partition coefficient (Wildman–Crippen LogP) is 3.67. The zero-order valence-electron chi connectivity index (χ0n) is 14.4. The first-order valence-electron chi connectivity index (χ1n) is 8.06. The maximum atomic E-state index is 11.8. The summed E-state index contributed by atoms with van der Waals surface area (Å²) in [4.78, 5) is 16.4. The van der Waals surface area contributed by atoms with Crippen molar-refractivity contribution in [1.29, 1.82) is 0 Å². The summed E-state index contributed by atoms with van der Waals surface area (Å²) in [5.74, 6) is 0.494. The number of rotatable bonds is 3. The van der Waals surface area contributed by atoms with Crippen LogP contribution in [0, 0.1) is 6.92 Å². The maximum Gasteiger partial charge on any atom is 0.311 e. The van der Waals surface area contributed by atoms with E-state index in [0.29, 0.717) is 0 Å². The fraction of sp³-hybridized carbons (Fsp3) is 0.200. The van der Waals surface area contributed by atoms with Gasteiger partial charge >= 0.3 is 5.97 Å². The monoisotopic (exact) mass is 334 g/mol. The van der Waals surface area contributed by atoms with Crippen molar-refractivity contribution >= 4 is 33.3 Å². The molecule has 0 fully saturated rings. The van der Waals surface area contributed by atoms with E-state index < -0.39 is 0 Å². The molecule has 5 heteroatoms. The minimum atomic E-state index is -0.284. The number of nitrogens with zero attached hydrogens (tertiary/aromatic N) is 2. The van der Waals surface area contributed by atoms with Crippen molar-refractivity contribution in [3.05, 3.63) is 53.9 Å². The third kappa shape index (κ3) is 2.31. The summed E-state index contributed by atoms with van der Waals surface area (Å²) >= 11 is 0. The van der Waals surface area contributed by atoms with Crippen LogP contribution in [0.25, 0.3) is 27.3 Å². The molecule has 0 spiro atoms. The molecule has 4 aromatic rings. The molecular weight excluding hydrogens is 316 g/mol. The topological polar surface area (TPSA) is 52.8 Å². The van der Waals surface area contributed by atoms with Gasteiger partial charge in [0.15, 0.2) is 0 Å². The van der Waals surface area contributed by atoms with Crippen molar-refractivity contribution in [3.8, 4) is 5.75 Å². The largest absolute Gasteiger partial charge is 0.497 e. The molecule has 2 aromatic heterocycles. The van der Waals surface area contributed by atoms with E-state index in [4.69, 9.17) is 9.47 Å². The summed E-state index contributed by atoms with van der Waals surface area (Å²) < 4.78 is 12.3. The van der Waals surface area contributed by atoms with Crippen LogP contribution in [0.4, 0.5) is 0 Å². The van der Waals surface area contributed by atoms with Gasteiger partial charge in [-0.3, -0.25) is 9.20 Å². The Bertz CT molecular complexity index is 1130. The highest BCUT2D eigenvalue weighted by molar-refractivity contribution is 6.13. The first-order valence-corrected chi connectivity index (χ1v) is 8.06. The Labute approximate surface area is 144 Å². The fourth-order valence-corrected chi connectivity index (χ4v) is 3.43. The second-order valence-corrected chi connectivity index (χ2v) is 6.04. The molecule has 5 nitrogen and oxygen atoms in total. The van der Waals surface area contributed by atoms with Gasteiger partial charge in [0.25, 0.3) is 0 Å². The van der Waals surface area contributed by atoms with Gasteiger partial charge in [-0.05, 0) is 42.1 Å². The average molecular weight is 334 g/mol. The molecule has 0 amide bonds. The van der Waals surface area contributed by atoms with Crippen LogP contribution in [0.5, 0.6) is 5.75 Å². The van der Waals surface area contributed by atoms with Gasteiger partial charge in [-0.2, -0.15) is 0 Å². The molecule has 0 unspecified atom stereocenters. The summed E-state index contributed by atoms with van der Waals surface area (Å²) in [6.07, 6.45) is 1.92. The van der Waals surface area contributed by atoms with Crippen LogP contribution in [0.15, 0.2) is 42.6 Å². The molecular formula is C20H18N2O3. The first-order chi connectivity index (χ1) is 12.1. The van der Waals surface area contributed by atoms with Crippen molar-refractivity contribution in [2.45, 2.75) is 13.3 Å². The minimum absolute atomic E-state index is 0.177. The lowest BCUT2D eigenvalue weighted by atomic mass is 10.0. The molecule has 0 saturated heterocycles. The highest BCUT2D eigenvalue weighted by atomic mass is 16.5. The lowest BCUT2D eigenvalue weighted by Gasteiger charge is -2.13. The summed E-state index contributed by atoms with van der Waals surface area (Å²) in [5, 5.41) is 3.27. The minimum Gasteiger partial charge on any atom is -0.497 e. The number of carbonyl (C=O) groups excluding carboxylic acids is 1. The molecule has 0 bridgehead atoms. The number of hydrogen-bond donors (Lipinski definition) is 0. The number of carbonyl (C=O) groups is 1. The highest BCUT2D eigenvalue weighted by Crippen LogP contribution is 2.34. The Morgan fingerprint density at radius 1 is 1.16 bits per heavy atom. The first kappa shape index (κ1) is 15.4. The van der Waals surface area contributed by atoms with Gasteiger partial charge in [0.1, 0.15) is 11.4 Å². The van der Waals surface area contributed by atoms with Crippen LogP contribution in [-0.2, 0) is 16.0 Å². The van der Waals surface area contributed by atoms with Gasteiger partial charge in [-0.15, -0.1) is 0 Å². The van der Waals surface area contributed by atoms with E-state index in [2.05, 4.69) is 30.1 Å². The molecule has 0 atom stereocenters. The summed E-state index contributed by atoms with van der Waals surface area (Å²) in [5.41, 5.74) is 3.82. The third-order valence-electron chi connectivity index (χ3n) is 4.62. The van der Waals surface area contributed by atoms with E-state index in [-0.39, 0.29) is 12.4 Å². The number of aryl methyl sites for hydroxylation is 1. The van der Waals surface area contributed by atoms with E-state index in [1.165, 1.54) is 12.7 Å². The zero-order valence-corrected chi connectivity index (χ0v) is 14.4. The Hall–Kier alpha value is -3.08. The van der Waals surface area contributed by atoms with Gasteiger partial charge < -0.3 is 9.47 Å². The predicted molar refractivity (Wildman–Crippen MR) is 97.2 cm³/mol. The number of fused-ring (bicyclic) bond motifs is 6. The molecule has 0 saturated carbocycles. The Morgan fingerprint density at radius 2 is 2.00 bits per heavy atom. The van der Waals surface area contributed by atoms with E-state index in [1.807, 2.05) is 22.6 Å². The summed E-state index contributed by atoms with van der Waals surface area (Å²) in [7, 11) is 3.05. The van der Waals surface area contributed by atoms with Gasteiger partial charge in [0.05, 0.1) is 31.9 Å². The van der Waals surface area contributed by atoms with Crippen LogP contribution in [-0.4, -0.2) is 29.6 Å². The number of imidazole rings is 1. The number of pyridine rings is 1. The van der Waals surface area contributed by atoms with E-state index in [1.54, 1.807) is 13.3 Å². The van der Waals surface area contributed by atoms with Crippen molar-refractivity contribution in [1.82, 2.24) is 9.38 Å². The van der Waals surface area contributed by atoms with Crippen molar-refractivity contribution in [2.24, 2.45) is 0 Å². The number of benzene rings is 2. The molecule has 25 heavy (non-hydrogen) atoms. The molecule has 0 aliphatic rings. The van der Waals surface area contributed by atoms with Gasteiger partial charge in [0, 0.05) is 17.0 Å². The zero-order chi connectivity index (χ0) is 17.6. The molecule has 2 aromatic carbocycles. The normalized spacial score (nSPS) is 11.3. The van der Waals surface area contributed by atoms with Crippen LogP contribution in [0.2, 0.25) is 0 Å². The standard InChI is InChI=1S/C20H18N2O3/c1-12-5-4-6-17-19(12)15-8-7-14(24-2)10-16(15)20-21-11-13(22(17)20)9-18(23)25-3/h4-8,10-11H,9H2,1-3H3. The van der Waals surface area contributed by atoms with Crippen LogP contribution < -0.4 is 4.74 Å². The molecule has 2 heterocycles. The number of hydrogen-bond acceptors (Lipinski definition) is 4. The lowest BCUT2D eigenvalue weighted by molar-refractivity contribution is -0.139. The van der Waals surface area contributed by atoms with Crippen molar-refractivity contribution in [2.75, 3.05) is 14.2 Å². The van der Waals surface area contributed by atoms with E-state index in [0.717, 1.165) is 38.8 Å². The number of esters is 1. The van der Waals surface area contributed by atoms with Crippen LogP contribution >= 0.6 is 0 Å². The fourth-order valence-electron chi connectivity index (χ4n) is 3.43. The number of aromatic nitrogens is 2. The average Bonchev–Trinajstić information content (AvgIpc) is 3.05. The van der Waals surface area contributed by atoms with Crippen LogP contribution in [0.3, 0.4) is 0 Å². The van der Waals surface area contributed by atoms with Gasteiger partial charge in [-0.25, -0.2) is 4.98 Å². The Morgan fingerprint density at radius 3 is 2.76 bits per heavy atom. The molecule has 126 valence electrons. The lowest BCUT2D eigenvalue weighted by Crippen LogP contribution is -2.07. The van der Waals surface area contributed by atoms with Crippen molar-refractivity contribution in [3.63, 3.8) is 0 Å². The van der Waals surface area contributed by atoms with Gasteiger partial charge in [-0.1, -0.05) is 12.1 Å². The van der Waals surface area contributed by atoms with E-state index >= 15 is 0 Å². The molecule has 0 radical (unpaired) electrons. The number of ether oxygens (including phenoxy) is 2. The number of methoxy groups -OCH3 is 2. The van der Waals surface area contributed by atoms with Gasteiger partial charge in [0.2, 0.25) is 0 Å². The van der Waals surface area contributed by atoms with E-state index in [9.17, 15) is 4.79 Å². The second kappa shape index (κ2) is 5.77. The third-order valence-corrected chi connectivity index (χ3v) is 4.62. The smallest absolute Gasteiger partial charge is 0.311 e. The molecule has 4 rings (SSSR count). The Balaban J connectivity index is 2.19. The highest BCUT2D eigenvalue weighted by Gasteiger charge is 2.16. The summed E-state index contributed by atoms with van der Waals surface area (Å²) in [6, 6.07) is 12.2. The molecule has 0 aliphatic heterocycles. The van der Waals surface area contributed by atoms with Crippen molar-refractivity contribution < 1.29 is 14.3 Å². The summed E-state index contributed by atoms with van der Waals surface area (Å²) in [6.45, 7) is 2.09. The SMILES string of the molecule is COC(=O)Cc1cnc2c3cc(OC)ccc3c3c(C)cccc3n12. The molecule has 0 N–H and O–H groups in total. The quantitative estimate of drug-likeness (QED) is 0.424. The Kier molecular flexibility index (Phi) is 3.57. The maximum absolute atomic E-state index is 11.8. The second-order valence-electron chi connectivity index (χ2n) is 6.04.